The molecule has 2 heterocycles. The number of nitrogens with two attached hydrogens (primary N) is 1. The molecule has 0 bridgehead atoms. The van der Waals surface area contributed by atoms with Crippen LogP contribution in [0.3, 0.4) is 0 Å². The number of nitrogens with zero attached hydrogens (tertiary/aromatic N) is 1. The van der Waals surface area contributed by atoms with Crippen LogP contribution in [-0.2, 0) is 16.1 Å². The second-order valence-corrected chi connectivity index (χ2v) is 7.20. The number of primary amides is 1. The number of ether oxygens (including phenoxy) is 2. The summed E-state index contributed by atoms with van der Waals surface area (Å²) in [6, 6.07) is 5.71. The highest BCUT2D eigenvalue weighted by molar-refractivity contribution is 6.32. The SMILES string of the molecule is COc1ccc(NC(=O)COc2coc(CN3CCCC3C(N)=O)cc2=O)cc1Cl. The van der Waals surface area contributed by atoms with Crippen molar-refractivity contribution < 1.29 is 23.5 Å². The van der Waals surface area contributed by atoms with Gasteiger partial charge < -0.3 is 24.9 Å². The van der Waals surface area contributed by atoms with Crippen LogP contribution in [0.15, 0.2) is 39.7 Å². The van der Waals surface area contributed by atoms with Crippen LogP contribution < -0.4 is 26.0 Å². The highest BCUT2D eigenvalue weighted by atomic mass is 35.5. The van der Waals surface area contributed by atoms with Gasteiger partial charge in [-0.15, -0.1) is 0 Å². The Morgan fingerprint density at radius 1 is 1.33 bits per heavy atom. The van der Waals surface area contributed by atoms with Gasteiger partial charge in [0, 0.05) is 11.8 Å². The van der Waals surface area contributed by atoms with Crippen molar-refractivity contribution in [3.63, 3.8) is 0 Å². The molecule has 1 aromatic heterocycles. The molecule has 9 nitrogen and oxygen atoms in total. The first-order valence-corrected chi connectivity index (χ1v) is 9.66. The molecule has 0 radical (unpaired) electrons. The van der Waals surface area contributed by atoms with E-state index < -0.39 is 11.3 Å². The van der Waals surface area contributed by atoms with E-state index in [1.54, 1.807) is 18.2 Å². The zero-order valence-electron chi connectivity index (χ0n) is 16.4. The number of hydrogen-bond acceptors (Lipinski definition) is 7. The molecule has 1 aliphatic heterocycles. The van der Waals surface area contributed by atoms with Crippen molar-refractivity contribution in [1.29, 1.82) is 0 Å². The Labute approximate surface area is 177 Å². The average Bonchev–Trinajstić information content (AvgIpc) is 3.16. The van der Waals surface area contributed by atoms with Crippen molar-refractivity contribution in [2.75, 3.05) is 25.6 Å². The van der Waals surface area contributed by atoms with Crippen molar-refractivity contribution in [3.8, 4) is 11.5 Å². The lowest BCUT2D eigenvalue weighted by Crippen LogP contribution is -2.39. The molecule has 2 aromatic rings. The topological polar surface area (TPSA) is 124 Å². The van der Waals surface area contributed by atoms with Gasteiger partial charge in [0.2, 0.25) is 17.1 Å². The molecule has 3 N–H and O–H groups in total. The van der Waals surface area contributed by atoms with Crippen molar-refractivity contribution in [3.05, 3.63) is 51.5 Å². The Bertz CT molecular complexity index is 993. The Morgan fingerprint density at radius 2 is 2.13 bits per heavy atom. The summed E-state index contributed by atoms with van der Waals surface area (Å²) in [5, 5.41) is 2.96. The van der Waals surface area contributed by atoms with Gasteiger partial charge in [-0.05, 0) is 37.6 Å². The van der Waals surface area contributed by atoms with Crippen LogP contribution >= 0.6 is 11.6 Å². The summed E-state index contributed by atoms with van der Waals surface area (Å²) in [6.45, 7) is 0.608. The predicted octanol–water partition coefficient (Wildman–Crippen LogP) is 1.77. The number of benzene rings is 1. The molecular formula is C20H22ClN3O6. The third kappa shape index (κ3) is 5.31. The highest BCUT2D eigenvalue weighted by Crippen LogP contribution is 2.27. The molecule has 1 aliphatic rings. The highest BCUT2D eigenvalue weighted by Gasteiger charge is 2.29. The van der Waals surface area contributed by atoms with E-state index >= 15 is 0 Å². The van der Waals surface area contributed by atoms with Gasteiger partial charge in [-0.25, -0.2) is 0 Å². The van der Waals surface area contributed by atoms with Gasteiger partial charge in [-0.1, -0.05) is 11.6 Å². The molecule has 0 aliphatic carbocycles. The van der Waals surface area contributed by atoms with E-state index in [4.69, 9.17) is 31.2 Å². The molecule has 3 rings (SSSR count). The number of hydrogen-bond donors (Lipinski definition) is 2. The maximum atomic E-state index is 12.3. The van der Waals surface area contributed by atoms with E-state index in [0.717, 1.165) is 12.7 Å². The first-order chi connectivity index (χ1) is 14.4. The number of amides is 2. The number of likely N-dealkylation sites (tertiary alicyclic amines) is 1. The normalized spacial score (nSPS) is 16.3. The second-order valence-electron chi connectivity index (χ2n) is 6.79. The molecule has 2 amide bonds. The minimum Gasteiger partial charge on any atom is -0.495 e. The lowest BCUT2D eigenvalue weighted by molar-refractivity contribution is -0.122. The molecule has 10 heteroatoms. The maximum absolute atomic E-state index is 12.3. The number of methoxy groups -OCH3 is 1. The van der Waals surface area contributed by atoms with Crippen molar-refractivity contribution in [1.82, 2.24) is 4.90 Å². The minimum atomic E-state index is -0.471. The predicted molar refractivity (Wildman–Crippen MR) is 110 cm³/mol. The Hall–Kier alpha value is -3.04. The number of carbonyl (C=O) groups excluding carboxylic acids is 2. The van der Waals surface area contributed by atoms with Crippen LogP contribution in [-0.4, -0.2) is 43.0 Å². The Morgan fingerprint density at radius 3 is 2.80 bits per heavy atom. The van der Waals surface area contributed by atoms with E-state index in [1.165, 1.54) is 13.2 Å². The monoisotopic (exact) mass is 435 g/mol. The number of rotatable bonds is 8. The summed E-state index contributed by atoms with van der Waals surface area (Å²) in [4.78, 5) is 37.7. The fraction of sp³-hybridized carbons (Fsp3) is 0.350. The van der Waals surface area contributed by atoms with Crippen LogP contribution in [0.5, 0.6) is 11.5 Å². The van der Waals surface area contributed by atoms with Gasteiger partial charge >= 0.3 is 0 Å². The average molecular weight is 436 g/mol. The van der Waals surface area contributed by atoms with Gasteiger partial charge in [0.15, 0.2) is 6.61 Å². The molecule has 30 heavy (non-hydrogen) atoms. The van der Waals surface area contributed by atoms with Crippen LogP contribution in [0.2, 0.25) is 5.02 Å². The third-order valence-electron chi connectivity index (χ3n) is 4.70. The van der Waals surface area contributed by atoms with Crippen LogP contribution in [0.25, 0.3) is 0 Å². The molecule has 0 saturated carbocycles. The number of nitrogens with one attached hydrogen (secondary N) is 1. The first kappa shape index (κ1) is 21.7. The fourth-order valence-electron chi connectivity index (χ4n) is 3.25. The van der Waals surface area contributed by atoms with Crippen LogP contribution in [0.4, 0.5) is 5.69 Å². The molecule has 1 atom stereocenters. The summed E-state index contributed by atoms with van der Waals surface area (Å²) in [7, 11) is 1.49. The van der Waals surface area contributed by atoms with Crippen molar-refractivity contribution >= 4 is 29.1 Å². The first-order valence-electron chi connectivity index (χ1n) is 9.28. The lowest BCUT2D eigenvalue weighted by Gasteiger charge is -2.20. The minimum absolute atomic E-state index is 0.0884. The summed E-state index contributed by atoms with van der Waals surface area (Å²) < 4.78 is 15.8. The lowest BCUT2D eigenvalue weighted by atomic mass is 10.2. The van der Waals surface area contributed by atoms with Crippen LogP contribution in [0, 0.1) is 0 Å². The van der Waals surface area contributed by atoms with Gasteiger partial charge in [0.25, 0.3) is 5.91 Å². The van der Waals surface area contributed by atoms with Crippen molar-refractivity contribution in [2.45, 2.75) is 25.4 Å². The van der Waals surface area contributed by atoms with Gasteiger partial charge in [-0.2, -0.15) is 0 Å². The molecule has 1 fully saturated rings. The van der Waals surface area contributed by atoms with Gasteiger partial charge in [0.1, 0.15) is 17.8 Å². The molecule has 1 unspecified atom stereocenters. The zero-order valence-corrected chi connectivity index (χ0v) is 17.1. The summed E-state index contributed by atoms with van der Waals surface area (Å²) in [5.74, 6) is -0.0768. The summed E-state index contributed by atoms with van der Waals surface area (Å²) in [5.41, 5.74) is 5.44. The summed E-state index contributed by atoms with van der Waals surface area (Å²) >= 11 is 6.02. The van der Waals surface area contributed by atoms with Gasteiger partial charge in [-0.3, -0.25) is 19.3 Å². The second kappa shape index (κ2) is 9.64. The Balaban J connectivity index is 1.55. The zero-order chi connectivity index (χ0) is 21.7. The standard InChI is InChI=1S/C20H22ClN3O6/c1-28-17-5-4-12(7-14(17)21)23-19(26)11-30-18-10-29-13(8-16(18)25)9-24-6-2-3-15(24)20(22)27/h4-5,7-8,10,15H,2-3,6,9,11H2,1H3,(H2,22,27)(H,23,26). The van der Waals surface area contributed by atoms with E-state index in [9.17, 15) is 14.4 Å². The van der Waals surface area contributed by atoms with E-state index in [2.05, 4.69) is 5.32 Å². The van der Waals surface area contributed by atoms with E-state index in [0.29, 0.717) is 41.7 Å². The Kier molecular flexibility index (Phi) is 6.96. The molecule has 0 spiro atoms. The number of halogens is 1. The molecule has 1 saturated heterocycles. The van der Waals surface area contributed by atoms with E-state index in [-0.39, 0.29) is 24.3 Å². The molecule has 1 aromatic carbocycles. The summed E-state index contributed by atoms with van der Waals surface area (Å²) in [6.07, 6.45) is 2.70. The van der Waals surface area contributed by atoms with Gasteiger partial charge in [0.05, 0.1) is 24.7 Å². The van der Waals surface area contributed by atoms with Crippen LogP contribution in [0.1, 0.15) is 18.6 Å². The number of anilines is 1. The maximum Gasteiger partial charge on any atom is 0.262 e. The largest absolute Gasteiger partial charge is 0.495 e. The molecule has 160 valence electrons. The number of carbonyl (C=O) groups is 2. The quantitative estimate of drug-likeness (QED) is 0.647. The smallest absolute Gasteiger partial charge is 0.262 e. The third-order valence-corrected chi connectivity index (χ3v) is 4.99. The van der Waals surface area contributed by atoms with E-state index in [1.807, 2.05) is 4.90 Å². The fourth-order valence-corrected chi connectivity index (χ4v) is 3.51. The molecular weight excluding hydrogens is 414 g/mol. The van der Waals surface area contributed by atoms with Crippen molar-refractivity contribution in [2.24, 2.45) is 5.73 Å².